The molecule has 104 valence electrons. The summed E-state index contributed by atoms with van der Waals surface area (Å²) >= 11 is 0. The summed E-state index contributed by atoms with van der Waals surface area (Å²) < 4.78 is 4.67. The van der Waals surface area contributed by atoms with Crippen molar-refractivity contribution in [1.29, 1.82) is 0 Å². The quantitative estimate of drug-likeness (QED) is 0.777. The fourth-order valence-corrected chi connectivity index (χ4v) is 1.58. The van der Waals surface area contributed by atoms with Crippen LogP contribution < -0.4 is 11.1 Å². The van der Waals surface area contributed by atoms with Crippen molar-refractivity contribution in [2.24, 2.45) is 11.1 Å². The van der Waals surface area contributed by atoms with Crippen LogP contribution in [0.4, 0.5) is 0 Å². The van der Waals surface area contributed by atoms with Gasteiger partial charge in [0.15, 0.2) is 0 Å². The minimum atomic E-state index is -0.777. The van der Waals surface area contributed by atoms with E-state index >= 15 is 0 Å². The highest BCUT2D eigenvalue weighted by molar-refractivity contribution is 5.84. The number of amides is 1. The molecule has 0 saturated carbocycles. The number of nitrogens with one attached hydrogen (secondary N) is 1. The van der Waals surface area contributed by atoms with Gasteiger partial charge in [0.05, 0.1) is 12.5 Å². The number of hydrogen-bond donors (Lipinski definition) is 2. The molecule has 1 atom stereocenters. The van der Waals surface area contributed by atoms with Gasteiger partial charge >= 0.3 is 5.97 Å². The van der Waals surface area contributed by atoms with Gasteiger partial charge in [-0.15, -0.1) is 0 Å². The fourth-order valence-electron chi connectivity index (χ4n) is 1.58. The number of methoxy groups -OCH3 is 1. The molecular formula is C14H20N2O3. The summed E-state index contributed by atoms with van der Waals surface area (Å²) in [4.78, 5) is 23.4. The Kier molecular flexibility index (Phi) is 5.06. The maximum absolute atomic E-state index is 11.9. The Hall–Kier alpha value is -1.88. The fraction of sp³-hybridized carbons (Fsp3) is 0.429. The van der Waals surface area contributed by atoms with E-state index in [0.717, 1.165) is 5.56 Å². The molecule has 0 radical (unpaired) electrons. The maximum Gasteiger partial charge on any atom is 0.313 e. The van der Waals surface area contributed by atoms with E-state index in [0.29, 0.717) is 0 Å². The van der Waals surface area contributed by atoms with Crippen molar-refractivity contribution in [1.82, 2.24) is 5.32 Å². The molecule has 0 aliphatic rings. The molecule has 0 saturated heterocycles. The second-order valence-corrected chi connectivity index (χ2v) is 4.98. The van der Waals surface area contributed by atoms with E-state index in [1.54, 1.807) is 26.0 Å². The number of carbonyl (C=O) groups is 2. The molecule has 0 aliphatic carbocycles. The first-order valence-electron chi connectivity index (χ1n) is 6.05. The third-order valence-electron chi connectivity index (χ3n) is 2.88. The van der Waals surface area contributed by atoms with Crippen LogP contribution in [0.3, 0.4) is 0 Å². The second-order valence-electron chi connectivity index (χ2n) is 4.98. The lowest BCUT2D eigenvalue weighted by Gasteiger charge is -2.23. The molecule has 5 heteroatoms. The van der Waals surface area contributed by atoms with E-state index < -0.39 is 11.5 Å². The normalized spacial score (nSPS) is 12.6. The Morgan fingerprint density at radius 1 is 1.32 bits per heavy atom. The molecule has 0 aliphatic heterocycles. The average molecular weight is 264 g/mol. The number of benzene rings is 1. The Bertz CT molecular complexity index is 443. The van der Waals surface area contributed by atoms with Gasteiger partial charge in [0.1, 0.15) is 6.04 Å². The predicted molar refractivity (Wildman–Crippen MR) is 72.2 cm³/mol. The number of nitrogens with two attached hydrogens (primary N) is 1. The van der Waals surface area contributed by atoms with Gasteiger partial charge in [0, 0.05) is 6.54 Å². The van der Waals surface area contributed by atoms with Gasteiger partial charge in [0.25, 0.3) is 0 Å². The summed E-state index contributed by atoms with van der Waals surface area (Å²) in [6.45, 7) is 3.58. The number of rotatable bonds is 5. The van der Waals surface area contributed by atoms with Crippen LogP contribution in [0.5, 0.6) is 0 Å². The topological polar surface area (TPSA) is 81.4 Å². The molecular weight excluding hydrogens is 244 g/mol. The highest BCUT2D eigenvalue weighted by Gasteiger charge is 2.30. The molecule has 1 unspecified atom stereocenters. The lowest BCUT2D eigenvalue weighted by Crippen LogP contribution is -2.43. The number of ether oxygens (including phenoxy) is 1. The summed E-state index contributed by atoms with van der Waals surface area (Å²) in [6, 6.07) is 8.33. The summed E-state index contributed by atoms with van der Waals surface area (Å²) in [6.07, 6.45) is 0. The zero-order valence-electron chi connectivity index (χ0n) is 11.5. The number of hydrogen-bond acceptors (Lipinski definition) is 4. The first-order valence-corrected chi connectivity index (χ1v) is 6.05. The highest BCUT2D eigenvalue weighted by atomic mass is 16.5. The molecule has 1 rings (SSSR count). The standard InChI is InChI=1S/C14H20N2O3/c1-14(2,13(18)19-3)9-16-12(17)11(15)10-7-5-4-6-8-10/h4-8,11H,9,15H2,1-3H3,(H,16,17). The zero-order valence-corrected chi connectivity index (χ0v) is 11.5. The van der Waals surface area contributed by atoms with Crippen LogP contribution in [0, 0.1) is 5.41 Å². The minimum absolute atomic E-state index is 0.180. The van der Waals surface area contributed by atoms with Crippen LogP contribution in [0.15, 0.2) is 30.3 Å². The van der Waals surface area contributed by atoms with Crippen LogP contribution in [-0.2, 0) is 14.3 Å². The SMILES string of the molecule is COC(=O)C(C)(C)CNC(=O)C(N)c1ccccc1. The van der Waals surface area contributed by atoms with E-state index in [1.165, 1.54) is 7.11 Å². The number of esters is 1. The monoisotopic (exact) mass is 264 g/mol. The highest BCUT2D eigenvalue weighted by Crippen LogP contribution is 2.16. The molecule has 19 heavy (non-hydrogen) atoms. The maximum atomic E-state index is 11.9. The first kappa shape index (κ1) is 15.2. The lowest BCUT2D eigenvalue weighted by molar-refractivity contribution is -0.150. The van der Waals surface area contributed by atoms with Gasteiger partial charge < -0.3 is 15.8 Å². The molecule has 0 spiro atoms. The van der Waals surface area contributed by atoms with E-state index in [-0.39, 0.29) is 18.4 Å². The van der Waals surface area contributed by atoms with E-state index in [1.807, 2.05) is 18.2 Å². The molecule has 1 aromatic carbocycles. The van der Waals surface area contributed by atoms with Gasteiger partial charge in [-0.1, -0.05) is 30.3 Å². The van der Waals surface area contributed by atoms with Gasteiger partial charge in [-0.3, -0.25) is 9.59 Å². The Morgan fingerprint density at radius 2 is 1.89 bits per heavy atom. The first-order chi connectivity index (χ1) is 8.88. The molecule has 0 fully saturated rings. The Labute approximate surface area is 113 Å². The third kappa shape index (κ3) is 4.06. The van der Waals surface area contributed by atoms with Crippen molar-refractivity contribution in [3.63, 3.8) is 0 Å². The van der Waals surface area contributed by atoms with Crippen molar-refractivity contribution in [2.75, 3.05) is 13.7 Å². The molecule has 1 aromatic rings. The van der Waals surface area contributed by atoms with Crippen LogP contribution in [0.2, 0.25) is 0 Å². The van der Waals surface area contributed by atoms with Gasteiger partial charge in [-0.05, 0) is 19.4 Å². The van der Waals surface area contributed by atoms with Gasteiger partial charge in [-0.25, -0.2) is 0 Å². The zero-order chi connectivity index (χ0) is 14.5. The molecule has 0 bridgehead atoms. The van der Waals surface area contributed by atoms with Gasteiger partial charge in [-0.2, -0.15) is 0 Å². The summed E-state index contributed by atoms with van der Waals surface area (Å²) in [7, 11) is 1.32. The molecule has 1 amide bonds. The Morgan fingerprint density at radius 3 is 2.42 bits per heavy atom. The minimum Gasteiger partial charge on any atom is -0.469 e. The van der Waals surface area contributed by atoms with Gasteiger partial charge in [0.2, 0.25) is 5.91 Å². The van der Waals surface area contributed by atoms with E-state index in [4.69, 9.17) is 5.73 Å². The van der Waals surface area contributed by atoms with Crippen molar-refractivity contribution >= 4 is 11.9 Å². The van der Waals surface area contributed by atoms with Crippen LogP contribution in [-0.4, -0.2) is 25.5 Å². The van der Waals surface area contributed by atoms with Crippen molar-refractivity contribution in [3.05, 3.63) is 35.9 Å². The second kappa shape index (κ2) is 6.33. The number of carbonyl (C=O) groups excluding carboxylic acids is 2. The largest absolute Gasteiger partial charge is 0.469 e. The van der Waals surface area contributed by atoms with E-state index in [2.05, 4.69) is 10.1 Å². The molecule has 3 N–H and O–H groups in total. The Balaban J connectivity index is 2.59. The molecule has 0 aromatic heterocycles. The summed E-state index contributed by atoms with van der Waals surface area (Å²) in [5.41, 5.74) is 5.80. The van der Waals surface area contributed by atoms with Crippen molar-refractivity contribution in [2.45, 2.75) is 19.9 Å². The van der Waals surface area contributed by atoms with Crippen LogP contribution in [0.1, 0.15) is 25.5 Å². The third-order valence-corrected chi connectivity index (χ3v) is 2.88. The summed E-state index contributed by atoms with van der Waals surface area (Å²) in [5, 5.41) is 2.67. The smallest absolute Gasteiger partial charge is 0.313 e. The van der Waals surface area contributed by atoms with E-state index in [9.17, 15) is 9.59 Å². The van der Waals surface area contributed by atoms with Crippen molar-refractivity contribution in [3.8, 4) is 0 Å². The molecule has 5 nitrogen and oxygen atoms in total. The van der Waals surface area contributed by atoms with Crippen molar-refractivity contribution < 1.29 is 14.3 Å². The lowest BCUT2D eigenvalue weighted by atomic mass is 9.93. The summed E-state index contributed by atoms with van der Waals surface area (Å²) in [5.74, 6) is -0.690. The molecule has 0 heterocycles. The van der Waals surface area contributed by atoms with Crippen LogP contribution in [0.25, 0.3) is 0 Å². The predicted octanol–water partition coefficient (Wildman–Crippen LogP) is 1.00. The van der Waals surface area contributed by atoms with Crippen LogP contribution >= 0.6 is 0 Å². The average Bonchev–Trinajstić information content (AvgIpc) is 2.43.